The lowest BCUT2D eigenvalue weighted by atomic mass is 9.85. The molecule has 0 aromatic carbocycles. The first kappa shape index (κ1) is 15.0. The van der Waals surface area contributed by atoms with Crippen molar-refractivity contribution in [3.63, 3.8) is 0 Å². The predicted molar refractivity (Wildman–Crippen MR) is 67.2 cm³/mol. The maximum atomic E-state index is 11.6. The topological polar surface area (TPSA) is 75.6 Å². The average Bonchev–Trinajstić information content (AvgIpc) is 2.35. The van der Waals surface area contributed by atoms with Gasteiger partial charge in [-0.2, -0.15) is 0 Å². The maximum absolute atomic E-state index is 11.6. The molecule has 2 N–H and O–H groups in total. The van der Waals surface area contributed by atoms with E-state index in [9.17, 15) is 9.59 Å². The molecule has 5 heteroatoms. The summed E-state index contributed by atoms with van der Waals surface area (Å²) >= 11 is 0. The Kier molecular flexibility index (Phi) is 5.59. The minimum Gasteiger partial charge on any atom is -0.481 e. The van der Waals surface area contributed by atoms with E-state index in [2.05, 4.69) is 5.32 Å². The van der Waals surface area contributed by atoms with Crippen LogP contribution < -0.4 is 5.32 Å². The number of carbonyl (C=O) groups is 2. The standard InChI is InChI=1S/C13H23NO4/c1-8(2)11(13(17)18-3)14-10-6-4-5-9(7-10)12(15)16/h8-11,14H,4-7H2,1-3H3,(H,15,16)/t9?,10?,11-/m0/s1. The molecule has 0 saturated heterocycles. The number of esters is 1. The largest absolute Gasteiger partial charge is 0.481 e. The van der Waals surface area contributed by atoms with E-state index in [-0.39, 0.29) is 29.9 Å². The van der Waals surface area contributed by atoms with Crippen LogP contribution in [-0.4, -0.2) is 36.2 Å². The Labute approximate surface area is 108 Å². The number of carboxylic acids is 1. The SMILES string of the molecule is COC(=O)[C@@H](NC1CCCC(C(=O)O)C1)C(C)C. The van der Waals surface area contributed by atoms with Gasteiger partial charge >= 0.3 is 11.9 Å². The molecule has 18 heavy (non-hydrogen) atoms. The molecule has 0 aromatic rings. The van der Waals surface area contributed by atoms with E-state index in [0.29, 0.717) is 6.42 Å². The molecule has 1 fully saturated rings. The second-order valence-electron chi connectivity index (χ2n) is 5.31. The third-order valence-corrected chi connectivity index (χ3v) is 3.56. The van der Waals surface area contributed by atoms with E-state index < -0.39 is 5.97 Å². The molecule has 0 aromatic heterocycles. The number of carbonyl (C=O) groups excluding carboxylic acids is 1. The van der Waals surface area contributed by atoms with Gasteiger partial charge in [0.05, 0.1) is 13.0 Å². The summed E-state index contributed by atoms with van der Waals surface area (Å²) in [4.78, 5) is 22.6. The lowest BCUT2D eigenvalue weighted by molar-refractivity contribution is -0.144. The molecular formula is C13H23NO4. The monoisotopic (exact) mass is 257 g/mol. The van der Waals surface area contributed by atoms with Crippen molar-refractivity contribution in [3.05, 3.63) is 0 Å². The molecule has 2 unspecified atom stereocenters. The Balaban J connectivity index is 2.58. The van der Waals surface area contributed by atoms with E-state index in [4.69, 9.17) is 9.84 Å². The molecule has 1 saturated carbocycles. The predicted octanol–water partition coefficient (Wildman–Crippen LogP) is 1.42. The van der Waals surface area contributed by atoms with Crippen LogP contribution in [-0.2, 0) is 14.3 Å². The fourth-order valence-corrected chi connectivity index (χ4v) is 2.48. The first-order chi connectivity index (χ1) is 8.45. The van der Waals surface area contributed by atoms with Gasteiger partial charge in [-0.25, -0.2) is 0 Å². The first-order valence-corrected chi connectivity index (χ1v) is 6.52. The number of rotatable bonds is 5. The molecule has 3 atom stereocenters. The molecule has 104 valence electrons. The molecule has 0 radical (unpaired) electrons. The number of methoxy groups -OCH3 is 1. The Morgan fingerprint density at radius 3 is 2.50 bits per heavy atom. The zero-order chi connectivity index (χ0) is 13.7. The molecule has 0 amide bonds. The van der Waals surface area contributed by atoms with Gasteiger partial charge in [0.15, 0.2) is 0 Å². The van der Waals surface area contributed by atoms with Crippen molar-refractivity contribution < 1.29 is 19.4 Å². The van der Waals surface area contributed by atoms with Crippen LogP contribution in [0.2, 0.25) is 0 Å². The van der Waals surface area contributed by atoms with Crippen LogP contribution in [0.15, 0.2) is 0 Å². The van der Waals surface area contributed by atoms with E-state index in [0.717, 1.165) is 19.3 Å². The van der Waals surface area contributed by atoms with Crippen molar-refractivity contribution in [2.24, 2.45) is 11.8 Å². The summed E-state index contributed by atoms with van der Waals surface area (Å²) in [5.41, 5.74) is 0. The zero-order valence-corrected chi connectivity index (χ0v) is 11.3. The van der Waals surface area contributed by atoms with Crippen molar-refractivity contribution in [2.75, 3.05) is 7.11 Å². The van der Waals surface area contributed by atoms with Crippen LogP contribution in [0.5, 0.6) is 0 Å². The fourth-order valence-electron chi connectivity index (χ4n) is 2.48. The second-order valence-corrected chi connectivity index (χ2v) is 5.31. The normalized spacial score (nSPS) is 25.8. The Bertz CT molecular complexity index is 303. The fraction of sp³-hybridized carbons (Fsp3) is 0.846. The molecule has 0 bridgehead atoms. The minimum atomic E-state index is -0.735. The van der Waals surface area contributed by atoms with Gasteiger partial charge in [0.25, 0.3) is 0 Å². The highest BCUT2D eigenvalue weighted by molar-refractivity contribution is 5.76. The number of aliphatic carboxylic acids is 1. The van der Waals surface area contributed by atoms with Gasteiger partial charge < -0.3 is 15.2 Å². The molecule has 5 nitrogen and oxygen atoms in total. The van der Waals surface area contributed by atoms with Crippen LogP contribution in [0.1, 0.15) is 39.5 Å². The van der Waals surface area contributed by atoms with Gasteiger partial charge in [-0.1, -0.05) is 20.3 Å². The Morgan fingerprint density at radius 2 is 2.00 bits per heavy atom. The highest BCUT2D eigenvalue weighted by Gasteiger charge is 2.31. The van der Waals surface area contributed by atoms with Gasteiger partial charge in [0, 0.05) is 6.04 Å². The molecule has 1 rings (SSSR count). The lowest BCUT2D eigenvalue weighted by Gasteiger charge is -2.31. The van der Waals surface area contributed by atoms with Gasteiger partial charge in [-0.15, -0.1) is 0 Å². The maximum Gasteiger partial charge on any atom is 0.323 e. The van der Waals surface area contributed by atoms with Gasteiger partial charge in [0.1, 0.15) is 6.04 Å². The molecule has 1 aliphatic carbocycles. The summed E-state index contributed by atoms with van der Waals surface area (Å²) in [6.07, 6.45) is 3.14. The molecule has 1 aliphatic rings. The van der Waals surface area contributed by atoms with Gasteiger partial charge in [-0.05, 0) is 25.2 Å². The summed E-state index contributed by atoms with van der Waals surface area (Å²) in [7, 11) is 1.38. The Hall–Kier alpha value is -1.10. The quantitative estimate of drug-likeness (QED) is 0.728. The van der Waals surface area contributed by atoms with Crippen molar-refractivity contribution >= 4 is 11.9 Å². The van der Waals surface area contributed by atoms with Crippen molar-refractivity contribution in [2.45, 2.75) is 51.6 Å². The number of ether oxygens (including phenoxy) is 1. The van der Waals surface area contributed by atoms with Gasteiger partial charge in [0.2, 0.25) is 0 Å². The number of hydrogen-bond donors (Lipinski definition) is 2. The van der Waals surface area contributed by atoms with E-state index in [1.54, 1.807) is 0 Å². The summed E-state index contributed by atoms with van der Waals surface area (Å²) in [5.74, 6) is -1.17. The molecule has 0 heterocycles. The van der Waals surface area contributed by atoms with Gasteiger partial charge in [-0.3, -0.25) is 9.59 Å². The third kappa shape index (κ3) is 3.98. The van der Waals surface area contributed by atoms with Crippen LogP contribution in [0.25, 0.3) is 0 Å². The van der Waals surface area contributed by atoms with E-state index >= 15 is 0 Å². The molecule has 0 aliphatic heterocycles. The second kappa shape index (κ2) is 6.73. The van der Waals surface area contributed by atoms with E-state index in [1.165, 1.54) is 7.11 Å². The number of carboxylic acid groups (broad SMARTS) is 1. The van der Waals surface area contributed by atoms with Crippen molar-refractivity contribution in [3.8, 4) is 0 Å². The summed E-state index contributed by atoms with van der Waals surface area (Å²) in [6, 6.07) is -0.265. The summed E-state index contributed by atoms with van der Waals surface area (Å²) in [5, 5.41) is 12.3. The third-order valence-electron chi connectivity index (χ3n) is 3.56. The van der Waals surface area contributed by atoms with Crippen LogP contribution >= 0.6 is 0 Å². The average molecular weight is 257 g/mol. The molecule has 0 spiro atoms. The van der Waals surface area contributed by atoms with Crippen molar-refractivity contribution in [1.29, 1.82) is 0 Å². The Morgan fingerprint density at radius 1 is 1.33 bits per heavy atom. The zero-order valence-electron chi connectivity index (χ0n) is 11.3. The molecular weight excluding hydrogens is 234 g/mol. The summed E-state index contributed by atoms with van der Waals surface area (Å²) in [6.45, 7) is 3.90. The summed E-state index contributed by atoms with van der Waals surface area (Å²) < 4.78 is 4.77. The van der Waals surface area contributed by atoms with Crippen LogP contribution in [0, 0.1) is 11.8 Å². The smallest absolute Gasteiger partial charge is 0.323 e. The highest BCUT2D eigenvalue weighted by Crippen LogP contribution is 2.25. The van der Waals surface area contributed by atoms with Crippen LogP contribution in [0.3, 0.4) is 0 Å². The first-order valence-electron chi connectivity index (χ1n) is 6.52. The minimum absolute atomic E-state index is 0.0892. The highest BCUT2D eigenvalue weighted by atomic mass is 16.5. The van der Waals surface area contributed by atoms with Crippen LogP contribution in [0.4, 0.5) is 0 Å². The number of hydrogen-bond acceptors (Lipinski definition) is 4. The lowest BCUT2D eigenvalue weighted by Crippen LogP contribution is -2.49. The van der Waals surface area contributed by atoms with E-state index in [1.807, 2.05) is 13.8 Å². The van der Waals surface area contributed by atoms with Crippen molar-refractivity contribution in [1.82, 2.24) is 5.32 Å². The number of nitrogens with one attached hydrogen (secondary N) is 1.